The topological polar surface area (TPSA) is 54.5 Å². The first-order valence-electron chi connectivity index (χ1n) is 7.32. The summed E-state index contributed by atoms with van der Waals surface area (Å²) in [5.74, 6) is 0. The highest BCUT2D eigenvalue weighted by atomic mass is 35.5. The Hall–Kier alpha value is -1.27. The van der Waals surface area contributed by atoms with Crippen molar-refractivity contribution >= 4 is 55.8 Å². The van der Waals surface area contributed by atoms with Crippen LogP contribution in [0.2, 0.25) is 10.0 Å². The highest BCUT2D eigenvalue weighted by molar-refractivity contribution is 7.93. The molecule has 4 nitrogen and oxygen atoms in total. The van der Waals surface area contributed by atoms with E-state index in [1.54, 1.807) is 19.1 Å². The van der Waals surface area contributed by atoms with Gasteiger partial charge in [0.2, 0.25) is 5.24 Å². The number of hydrogen-bond donors (Lipinski definition) is 0. The summed E-state index contributed by atoms with van der Waals surface area (Å²) in [6, 6.07) is 8.14. The van der Waals surface area contributed by atoms with Crippen LogP contribution in [0.5, 0.6) is 0 Å². The monoisotopic (exact) mass is 419 g/mol. The Morgan fingerprint density at radius 3 is 2.20 bits per heavy atom. The molecule has 0 aliphatic rings. The van der Waals surface area contributed by atoms with Crippen LogP contribution in [0.3, 0.4) is 0 Å². The maximum Gasteiger partial charge on any atom is 0.265 e. The summed E-state index contributed by atoms with van der Waals surface area (Å²) >= 11 is 17.4. The molecule has 0 bridgehead atoms. The van der Waals surface area contributed by atoms with E-state index in [2.05, 4.69) is 0 Å². The van der Waals surface area contributed by atoms with Crippen molar-refractivity contribution in [1.82, 2.24) is 0 Å². The van der Waals surface area contributed by atoms with Crippen molar-refractivity contribution in [3.8, 4) is 0 Å². The zero-order chi connectivity index (χ0) is 18.9. The highest BCUT2D eigenvalue weighted by Gasteiger charge is 2.33. The van der Waals surface area contributed by atoms with Gasteiger partial charge in [-0.25, -0.2) is 8.42 Å². The minimum atomic E-state index is -4.09. The minimum Gasteiger partial charge on any atom is -0.279 e. The zero-order valence-corrected chi connectivity index (χ0v) is 16.8. The van der Waals surface area contributed by atoms with Crippen LogP contribution in [0, 0.1) is 13.8 Å². The van der Waals surface area contributed by atoms with E-state index in [4.69, 9.17) is 34.8 Å². The van der Waals surface area contributed by atoms with E-state index < -0.39 is 21.3 Å². The lowest BCUT2D eigenvalue weighted by molar-refractivity contribution is -0.112. The van der Waals surface area contributed by atoms with Crippen LogP contribution >= 0.6 is 34.8 Å². The van der Waals surface area contributed by atoms with Crippen molar-refractivity contribution in [2.45, 2.75) is 31.7 Å². The SMILES string of the molecule is Cc1ccc(N(C(C)C(=O)Cl)S(=O)(=O)c2ccc(Cl)c(Cl)c2)c(C)c1. The number of nitrogens with zero attached hydrogens (tertiary/aromatic N) is 1. The third-order valence-corrected chi connectivity index (χ3v) is 6.65. The third kappa shape index (κ3) is 4.11. The number of hydrogen-bond acceptors (Lipinski definition) is 3. The Balaban J connectivity index is 2.69. The van der Waals surface area contributed by atoms with Crippen molar-refractivity contribution in [2.75, 3.05) is 4.31 Å². The van der Waals surface area contributed by atoms with Crippen molar-refractivity contribution in [2.24, 2.45) is 0 Å². The Morgan fingerprint density at radius 1 is 1.04 bits per heavy atom. The summed E-state index contributed by atoms with van der Waals surface area (Å²) in [6.45, 7) is 5.10. The van der Waals surface area contributed by atoms with E-state index in [0.29, 0.717) is 11.3 Å². The summed E-state index contributed by atoms with van der Waals surface area (Å²) in [5.41, 5.74) is 2.05. The number of rotatable bonds is 5. The molecule has 1 atom stereocenters. The molecular formula is C17H16Cl3NO3S. The van der Waals surface area contributed by atoms with Crippen LogP contribution in [0.25, 0.3) is 0 Å². The predicted octanol–water partition coefficient (Wildman–Crippen LogP) is 4.96. The van der Waals surface area contributed by atoms with Gasteiger partial charge in [0.15, 0.2) is 0 Å². The lowest BCUT2D eigenvalue weighted by Gasteiger charge is -2.30. The van der Waals surface area contributed by atoms with Crippen LogP contribution in [0.15, 0.2) is 41.3 Å². The first-order chi connectivity index (χ1) is 11.6. The molecule has 1 unspecified atom stereocenters. The lowest BCUT2D eigenvalue weighted by Crippen LogP contribution is -2.42. The average molecular weight is 421 g/mol. The molecule has 0 aliphatic heterocycles. The Bertz CT molecular complexity index is 929. The molecule has 0 saturated heterocycles. The predicted molar refractivity (Wildman–Crippen MR) is 102 cm³/mol. The van der Waals surface area contributed by atoms with Crippen molar-refractivity contribution < 1.29 is 13.2 Å². The largest absolute Gasteiger partial charge is 0.279 e. The second-order valence-electron chi connectivity index (χ2n) is 5.65. The zero-order valence-electron chi connectivity index (χ0n) is 13.8. The van der Waals surface area contributed by atoms with E-state index >= 15 is 0 Å². The molecule has 25 heavy (non-hydrogen) atoms. The van der Waals surface area contributed by atoms with Gasteiger partial charge in [-0.3, -0.25) is 9.10 Å². The molecule has 0 amide bonds. The van der Waals surface area contributed by atoms with E-state index in [0.717, 1.165) is 9.87 Å². The maximum absolute atomic E-state index is 13.2. The van der Waals surface area contributed by atoms with Gasteiger partial charge in [-0.05, 0) is 62.2 Å². The number of benzene rings is 2. The number of halogens is 3. The van der Waals surface area contributed by atoms with Crippen LogP contribution in [-0.4, -0.2) is 19.7 Å². The summed E-state index contributed by atoms with van der Waals surface area (Å²) in [6.07, 6.45) is 0. The third-order valence-electron chi connectivity index (χ3n) is 3.72. The van der Waals surface area contributed by atoms with Gasteiger partial charge in [0.1, 0.15) is 6.04 Å². The first kappa shape index (κ1) is 20.0. The van der Waals surface area contributed by atoms with Crippen molar-refractivity contribution in [3.05, 3.63) is 57.6 Å². The average Bonchev–Trinajstić information content (AvgIpc) is 2.51. The quantitative estimate of drug-likeness (QED) is 0.642. The Labute approximate surface area is 162 Å². The summed E-state index contributed by atoms with van der Waals surface area (Å²) in [7, 11) is -4.09. The van der Waals surface area contributed by atoms with E-state index in [1.807, 2.05) is 13.0 Å². The van der Waals surface area contributed by atoms with Gasteiger partial charge in [-0.2, -0.15) is 0 Å². The molecule has 0 radical (unpaired) electrons. The Kier molecular flexibility index (Phi) is 6.05. The molecule has 0 fully saturated rings. The van der Waals surface area contributed by atoms with Crippen LogP contribution < -0.4 is 4.31 Å². The molecule has 0 saturated carbocycles. The van der Waals surface area contributed by atoms with Crippen molar-refractivity contribution in [3.63, 3.8) is 0 Å². The van der Waals surface area contributed by atoms with Crippen molar-refractivity contribution in [1.29, 1.82) is 0 Å². The van der Waals surface area contributed by atoms with Crippen LogP contribution in [0.4, 0.5) is 5.69 Å². The number of anilines is 1. The van der Waals surface area contributed by atoms with Crippen LogP contribution in [-0.2, 0) is 14.8 Å². The normalized spacial score (nSPS) is 12.7. The fourth-order valence-electron chi connectivity index (χ4n) is 2.44. The van der Waals surface area contributed by atoms with E-state index in [1.165, 1.54) is 25.1 Å². The highest BCUT2D eigenvalue weighted by Crippen LogP contribution is 2.32. The molecule has 2 aromatic carbocycles. The maximum atomic E-state index is 13.2. The van der Waals surface area contributed by atoms with Gasteiger partial charge in [-0.1, -0.05) is 40.9 Å². The fraction of sp³-hybridized carbons (Fsp3) is 0.235. The minimum absolute atomic E-state index is 0.0772. The second kappa shape index (κ2) is 7.54. The molecule has 134 valence electrons. The molecule has 2 aromatic rings. The second-order valence-corrected chi connectivity index (χ2v) is 8.65. The number of carbonyl (C=O) groups excluding carboxylic acids is 1. The fourth-order valence-corrected chi connectivity index (χ4v) is 4.67. The number of carbonyl (C=O) groups is 1. The lowest BCUT2D eigenvalue weighted by atomic mass is 10.1. The molecule has 2 rings (SSSR count). The van der Waals surface area contributed by atoms with Crippen LogP contribution in [0.1, 0.15) is 18.1 Å². The van der Waals surface area contributed by atoms with Gasteiger partial charge in [0, 0.05) is 0 Å². The molecule has 0 aliphatic carbocycles. The standard InChI is InChI=1S/C17H16Cl3NO3S/c1-10-4-7-16(11(2)8-10)21(12(3)17(20)22)25(23,24)13-5-6-14(18)15(19)9-13/h4-9,12H,1-3H3. The van der Waals surface area contributed by atoms with E-state index in [-0.39, 0.29) is 14.9 Å². The summed E-state index contributed by atoms with van der Waals surface area (Å²) in [5, 5.41) is -0.447. The summed E-state index contributed by atoms with van der Waals surface area (Å²) < 4.78 is 27.4. The molecule has 0 spiro atoms. The van der Waals surface area contributed by atoms with Gasteiger partial charge < -0.3 is 0 Å². The van der Waals surface area contributed by atoms with Gasteiger partial charge in [0.25, 0.3) is 10.0 Å². The summed E-state index contributed by atoms with van der Waals surface area (Å²) in [4.78, 5) is 11.7. The molecule has 0 aromatic heterocycles. The van der Waals surface area contributed by atoms with Gasteiger partial charge in [0.05, 0.1) is 20.6 Å². The Morgan fingerprint density at radius 2 is 1.68 bits per heavy atom. The van der Waals surface area contributed by atoms with Gasteiger partial charge in [-0.15, -0.1) is 0 Å². The first-order valence-corrected chi connectivity index (χ1v) is 9.89. The number of sulfonamides is 1. The molecule has 0 heterocycles. The van der Waals surface area contributed by atoms with Gasteiger partial charge >= 0.3 is 0 Å². The van der Waals surface area contributed by atoms with E-state index in [9.17, 15) is 13.2 Å². The molecule has 8 heteroatoms. The number of aryl methyl sites for hydroxylation is 2. The molecular weight excluding hydrogens is 405 g/mol. The molecule has 0 N–H and O–H groups in total. The smallest absolute Gasteiger partial charge is 0.265 e.